The van der Waals surface area contributed by atoms with Gasteiger partial charge in [0.05, 0.1) is 7.11 Å². The van der Waals surface area contributed by atoms with Crippen LogP contribution in [0.15, 0.2) is 12.1 Å². The van der Waals surface area contributed by atoms with Gasteiger partial charge in [0.25, 0.3) is 0 Å². The van der Waals surface area contributed by atoms with Gasteiger partial charge in [-0.15, -0.1) is 0 Å². The first-order chi connectivity index (χ1) is 15.7. The molecular weight excluding hydrogens is 420 g/mol. The average molecular weight is 461 g/mol. The van der Waals surface area contributed by atoms with E-state index in [-0.39, 0.29) is 0 Å². The van der Waals surface area contributed by atoms with Crippen molar-refractivity contribution in [1.29, 1.82) is 0 Å². The molecule has 1 aliphatic carbocycles. The van der Waals surface area contributed by atoms with E-state index in [1.807, 2.05) is 0 Å². The molecule has 2 N–H and O–H groups in total. The lowest BCUT2D eigenvalue weighted by molar-refractivity contribution is -0.143. The molecule has 0 spiro atoms. The Kier molecular flexibility index (Phi) is 8.95. The number of nitrogens with zero attached hydrogens (tertiary/aromatic N) is 2. The molecule has 8 nitrogen and oxygen atoms in total. The van der Waals surface area contributed by atoms with Crippen molar-refractivity contribution >= 4 is 17.9 Å². The van der Waals surface area contributed by atoms with Crippen molar-refractivity contribution in [1.82, 2.24) is 15.2 Å². The number of carbonyl (C=O) groups excluding carboxylic acids is 2. The molecule has 1 fully saturated rings. The Bertz CT molecular complexity index is 804. The number of aryl methyl sites for hydroxylation is 2. The first-order valence-corrected chi connectivity index (χ1v) is 12.3. The molecule has 3 rings (SSSR count). The fourth-order valence-electron chi connectivity index (χ4n) is 4.18. The van der Waals surface area contributed by atoms with Crippen molar-refractivity contribution in [3.05, 3.63) is 23.4 Å². The number of hydrogen-bond donors (Lipinski definition) is 2. The molecule has 0 unspecified atom stereocenters. The molecule has 1 aliphatic heterocycles. The Labute approximate surface area is 197 Å². The van der Waals surface area contributed by atoms with Crippen LogP contribution in [0.3, 0.4) is 0 Å². The van der Waals surface area contributed by atoms with E-state index in [0.29, 0.717) is 12.5 Å². The van der Waals surface area contributed by atoms with Gasteiger partial charge in [0, 0.05) is 24.8 Å². The monoisotopic (exact) mass is 460 g/mol. The van der Waals surface area contributed by atoms with Gasteiger partial charge >= 0.3 is 12.1 Å². The summed E-state index contributed by atoms with van der Waals surface area (Å²) < 4.78 is 10.2. The number of methoxy groups -OCH3 is 1. The van der Waals surface area contributed by atoms with Crippen molar-refractivity contribution in [2.75, 3.05) is 32.1 Å². The minimum absolute atomic E-state index is 0.441. The maximum absolute atomic E-state index is 12.2. The number of anilines is 1. The van der Waals surface area contributed by atoms with Crippen LogP contribution in [0.5, 0.6) is 0 Å². The highest BCUT2D eigenvalue weighted by Gasteiger charge is 2.31. The highest BCUT2D eigenvalue weighted by molar-refractivity contribution is 5.81. The number of carbonyl (C=O) groups is 2. The molecule has 0 saturated heterocycles. The third-order valence-electron chi connectivity index (χ3n) is 6.02. The summed E-state index contributed by atoms with van der Waals surface area (Å²) in [4.78, 5) is 31.6. The second kappa shape index (κ2) is 11.7. The number of nitrogens with one attached hydrogen (secondary N) is 2. The predicted molar refractivity (Wildman–Crippen MR) is 128 cm³/mol. The Morgan fingerprint density at radius 1 is 1.24 bits per heavy atom. The maximum Gasteiger partial charge on any atom is 0.408 e. The summed E-state index contributed by atoms with van der Waals surface area (Å²) in [5, 5.41) is 6.08. The second-order valence-electron chi connectivity index (χ2n) is 10.1. The molecule has 1 saturated carbocycles. The Morgan fingerprint density at radius 3 is 2.73 bits per heavy atom. The van der Waals surface area contributed by atoms with Crippen LogP contribution in [-0.2, 0) is 27.1 Å². The minimum Gasteiger partial charge on any atom is -0.467 e. The lowest BCUT2D eigenvalue weighted by Crippen LogP contribution is -2.46. The molecule has 8 heteroatoms. The van der Waals surface area contributed by atoms with Crippen LogP contribution >= 0.6 is 0 Å². The van der Waals surface area contributed by atoms with Gasteiger partial charge < -0.3 is 25.0 Å². The number of rotatable bonds is 11. The fourth-order valence-corrected chi connectivity index (χ4v) is 4.18. The fraction of sp³-hybridized carbons (Fsp3) is 0.720. The van der Waals surface area contributed by atoms with Gasteiger partial charge in [-0.25, -0.2) is 14.6 Å². The van der Waals surface area contributed by atoms with Crippen LogP contribution in [0.4, 0.5) is 10.6 Å². The summed E-state index contributed by atoms with van der Waals surface area (Å²) >= 11 is 0. The highest BCUT2D eigenvalue weighted by Crippen LogP contribution is 2.27. The highest BCUT2D eigenvalue weighted by atomic mass is 16.6. The quantitative estimate of drug-likeness (QED) is 0.384. The van der Waals surface area contributed by atoms with E-state index in [0.717, 1.165) is 56.8 Å². The number of ether oxygens (including phenoxy) is 2. The number of hydrogen-bond acceptors (Lipinski definition) is 7. The van der Waals surface area contributed by atoms with E-state index in [1.54, 1.807) is 20.8 Å². The number of fused-ring (bicyclic) bond motifs is 1. The Hall–Kier alpha value is -2.35. The summed E-state index contributed by atoms with van der Waals surface area (Å²) in [6.07, 6.45) is 7.70. The topological polar surface area (TPSA) is 92.8 Å². The van der Waals surface area contributed by atoms with E-state index in [1.165, 1.54) is 31.9 Å². The molecule has 2 heterocycles. The van der Waals surface area contributed by atoms with Gasteiger partial charge in [-0.05, 0) is 90.3 Å². The first-order valence-electron chi connectivity index (χ1n) is 12.3. The van der Waals surface area contributed by atoms with Gasteiger partial charge in [0.15, 0.2) is 0 Å². The van der Waals surface area contributed by atoms with Gasteiger partial charge in [-0.3, -0.25) is 0 Å². The van der Waals surface area contributed by atoms with Crippen LogP contribution in [0.2, 0.25) is 0 Å². The molecule has 2 aliphatic rings. The number of amides is 1. The number of pyridine rings is 1. The van der Waals surface area contributed by atoms with Gasteiger partial charge in [-0.1, -0.05) is 6.07 Å². The molecule has 33 heavy (non-hydrogen) atoms. The van der Waals surface area contributed by atoms with E-state index >= 15 is 0 Å². The number of esters is 1. The summed E-state index contributed by atoms with van der Waals surface area (Å²) in [6.45, 7) is 8.12. The summed E-state index contributed by atoms with van der Waals surface area (Å²) in [7, 11) is 1.34. The molecule has 0 radical (unpaired) electrons. The average Bonchev–Trinajstić information content (AvgIpc) is 3.61. The summed E-state index contributed by atoms with van der Waals surface area (Å²) in [5.41, 5.74) is 1.85. The Morgan fingerprint density at radius 2 is 2.03 bits per heavy atom. The largest absolute Gasteiger partial charge is 0.467 e. The number of alkyl carbamates (subject to hydrolysis) is 1. The van der Waals surface area contributed by atoms with Crippen LogP contribution in [-0.4, -0.2) is 66.4 Å². The van der Waals surface area contributed by atoms with Crippen LogP contribution in [0, 0.1) is 0 Å². The number of unbranched alkanes of at least 4 members (excludes halogenated alkanes) is 1. The van der Waals surface area contributed by atoms with Crippen molar-refractivity contribution in [3.8, 4) is 0 Å². The van der Waals surface area contributed by atoms with Crippen molar-refractivity contribution in [2.45, 2.75) is 89.8 Å². The molecule has 1 atom stereocenters. The second-order valence-corrected chi connectivity index (χ2v) is 10.1. The van der Waals surface area contributed by atoms with Crippen LogP contribution < -0.4 is 10.6 Å². The maximum atomic E-state index is 12.2. The van der Waals surface area contributed by atoms with Crippen LogP contribution in [0.25, 0.3) is 0 Å². The van der Waals surface area contributed by atoms with Crippen molar-refractivity contribution < 1.29 is 19.1 Å². The van der Waals surface area contributed by atoms with Crippen LogP contribution in [0.1, 0.15) is 70.6 Å². The molecule has 0 bridgehead atoms. The predicted octanol–water partition coefficient (Wildman–Crippen LogP) is 3.68. The third-order valence-corrected chi connectivity index (χ3v) is 6.02. The first kappa shape index (κ1) is 25.3. The van der Waals surface area contributed by atoms with E-state index in [4.69, 9.17) is 14.5 Å². The van der Waals surface area contributed by atoms with Gasteiger partial charge in [0.1, 0.15) is 17.5 Å². The van der Waals surface area contributed by atoms with E-state index in [2.05, 4.69) is 27.7 Å². The van der Waals surface area contributed by atoms with Gasteiger partial charge in [0.2, 0.25) is 0 Å². The smallest absolute Gasteiger partial charge is 0.408 e. The zero-order valence-electron chi connectivity index (χ0n) is 20.6. The minimum atomic E-state index is -0.710. The Balaban J connectivity index is 1.44. The zero-order chi connectivity index (χ0) is 23.8. The molecule has 1 aromatic heterocycles. The standard InChI is InChI=1S/C25H40N4O4/c1-25(2,3)33-24(31)28-21(23(30)32-4)14-17-29(20-12-13-20)16-6-5-9-19-11-10-18-8-7-15-26-22(18)27-19/h10-11,20-21H,5-9,12-17H2,1-4H3,(H,26,27)(H,28,31)/t21-/m0/s1. The zero-order valence-corrected chi connectivity index (χ0v) is 20.6. The van der Waals surface area contributed by atoms with Gasteiger partial charge in [-0.2, -0.15) is 0 Å². The summed E-state index contributed by atoms with van der Waals surface area (Å²) in [5.74, 6) is 0.619. The SMILES string of the molecule is COC(=O)[C@H](CCN(CCCCc1ccc2c(n1)NCCC2)C1CC1)NC(=O)OC(C)(C)C. The molecule has 1 amide bonds. The summed E-state index contributed by atoms with van der Waals surface area (Å²) in [6, 6.07) is 4.24. The van der Waals surface area contributed by atoms with Crippen molar-refractivity contribution in [3.63, 3.8) is 0 Å². The molecule has 0 aromatic carbocycles. The molecule has 184 valence electrons. The number of aromatic nitrogens is 1. The normalized spacial score (nSPS) is 16.5. The lowest BCUT2D eigenvalue weighted by Gasteiger charge is -2.26. The van der Waals surface area contributed by atoms with E-state index < -0.39 is 23.7 Å². The van der Waals surface area contributed by atoms with E-state index in [9.17, 15) is 9.59 Å². The van der Waals surface area contributed by atoms with Crippen molar-refractivity contribution in [2.24, 2.45) is 0 Å². The lowest BCUT2D eigenvalue weighted by atomic mass is 10.1. The third kappa shape index (κ3) is 8.50. The molecular formula is C25H40N4O4. The molecule has 1 aromatic rings.